The fourth-order valence-corrected chi connectivity index (χ4v) is 10.4. The SMILES string of the molecule is c1ccc(-n2c3c(-n4c5ccccc5c5cc(-n6c7ccccc7c7ccccc76)ccc54)cc(-n4c5ccccc5c5ccccc54)cc3n3c4ccccc4nc23)cc1. The van der Waals surface area contributed by atoms with Crippen LogP contribution in [0.5, 0.6) is 0 Å². The lowest BCUT2D eigenvalue weighted by Gasteiger charge is -2.17. The molecule has 5 aromatic heterocycles. The van der Waals surface area contributed by atoms with Crippen LogP contribution in [0, 0.1) is 0 Å². The average Bonchev–Trinajstić information content (AvgIpc) is 4.11. The maximum Gasteiger partial charge on any atom is 0.220 e. The minimum atomic E-state index is 0.873. The number of aromatic nitrogens is 6. The van der Waals surface area contributed by atoms with Crippen LogP contribution in [0.1, 0.15) is 0 Å². The van der Waals surface area contributed by atoms with Crippen LogP contribution in [0.3, 0.4) is 0 Å². The minimum absolute atomic E-state index is 0.873. The number of nitrogens with zero attached hydrogens (tertiary/aromatic N) is 6. The fraction of sp³-hybridized carbons (Fsp3) is 0. The second-order valence-electron chi connectivity index (χ2n) is 16.0. The molecule has 9 aromatic carbocycles. The number of hydrogen-bond donors (Lipinski definition) is 0. The summed E-state index contributed by atoms with van der Waals surface area (Å²) < 4.78 is 12.0. The maximum absolute atomic E-state index is 5.37. The van der Waals surface area contributed by atoms with E-state index in [0.29, 0.717) is 0 Å². The molecule has 0 radical (unpaired) electrons. The van der Waals surface area contributed by atoms with Gasteiger partial charge in [0, 0.05) is 43.7 Å². The van der Waals surface area contributed by atoms with E-state index in [1.165, 1.54) is 54.4 Å². The normalized spacial score (nSPS) is 12.3. The van der Waals surface area contributed by atoms with E-state index < -0.39 is 0 Å². The maximum atomic E-state index is 5.37. The predicted molar refractivity (Wildman–Crippen MR) is 253 cm³/mol. The number of rotatable bonds is 4. The lowest BCUT2D eigenvalue weighted by Crippen LogP contribution is -2.03. The van der Waals surface area contributed by atoms with Crippen molar-refractivity contribution in [1.82, 2.24) is 27.7 Å². The smallest absolute Gasteiger partial charge is 0.220 e. The lowest BCUT2D eigenvalue weighted by atomic mass is 10.1. The molecule has 6 nitrogen and oxygen atoms in total. The van der Waals surface area contributed by atoms with Crippen molar-refractivity contribution < 1.29 is 0 Å². The van der Waals surface area contributed by atoms with Gasteiger partial charge in [0.1, 0.15) is 0 Å². The van der Waals surface area contributed by atoms with Crippen molar-refractivity contribution in [3.05, 3.63) is 206 Å². The van der Waals surface area contributed by atoms with Crippen molar-refractivity contribution >= 4 is 93.3 Å². The van der Waals surface area contributed by atoms with Crippen LogP contribution in [0.2, 0.25) is 0 Å². The Bertz CT molecular complexity index is 4010. The highest BCUT2D eigenvalue weighted by atomic mass is 15.2. The van der Waals surface area contributed by atoms with Gasteiger partial charge in [0.05, 0.1) is 66.5 Å². The van der Waals surface area contributed by atoms with Crippen LogP contribution in [-0.4, -0.2) is 27.7 Å². The summed E-state index contributed by atoms with van der Waals surface area (Å²) in [5.41, 5.74) is 15.5. The molecular formula is C55H34N6. The van der Waals surface area contributed by atoms with Gasteiger partial charge in [0.2, 0.25) is 5.78 Å². The van der Waals surface area contributed by atoms with E-state index >= 15 is 0 Å². The molecule has 6 heteroatoms. The van der Waals surface area contributed by atoms with Crippen LogP contribution in [0.25, 0.3) is 116 Å². The van der Waals surface area contributed by atoms with E-state index in [2.05, 4.69) is 229 Å². The third-order valence-corrected chi connectivity index (χ3v) is 12.9. The molecule has 0 unspecified atom stereocenters. The molecule has 5 heterocycles. The zero-order valence-electron chi connectivity index (χ0n) is 32.8. The molecule has 0 spiro atoms. The van der Waals surface area contributed by atoms with Crippen LogP contribution < -0.4 is 0 Å². The molecule has 0 aliphatic rings. The van der Waals surface area contributed by atoms with Crippen LogP contribution >= 0.6 is 0 Å². The highest BCUT2D eigenvalue weighted by molar-refractivity contribution is 6.14. The van der Waals surface area contributed by atoms with E-state index in [-0.39, 0.29) is 0 Å². The Morgan fingerprint density at radius 1 is 0.279 bits per heavy atom. The van der Waals surface area contributed by atoms with Crippen molar-refractivity contribution in [2.24, 2.45) is 0 Å². The van der Waals surface area contributed by atoms with Gasteiger partial charge >= 0.3 is 0 Å². The van der Waals surface area contributed by atoms with E-state index in [4.69, 9.17) is 4.98 Å². The Morgan fingerprint density at radius 3 is 1.33 bits per heavy atom. The van der Waals surface area contributed by atoms with Crippen LogP contribution in [-0.2, 0) is 0 Å². The molecule has 0 aliphatic carbocycles. The molecule has 0 amide bonds. The highest BCUT2D eigenvalue weighted by Gasteiger charge is 2.25. The zero-order valence-corrected chi connectivity index (χ0v) is 32.8. The second-order valence-corrected chi connectivity index (χ2v) is 16.0. The lowest BCUT2D eigenvalue weighted by molar-refractivity contribution is 1.09. The van der Waals surface area contributed by atoms with Gasteiger partial charge in [0.15, 0.2) is 0 Å². The number of hydrogen-bond acceptors (Lipinski definition) is 1. The minimum Gasteiger partial charge on any atom is -0.309 e. The Kier molecular flexibility index (Phi) is 6.46. The molecular weight excluding hydrogens is 745 g/mol. The van der Waals surface area contributed by atoms with Crippen molar-refractivity contribution in [3.8, 4) is 22.7 Å². The summed E-state index contributed by atoms with van der Waals surface area (Å²) in [6.45, 7) is 0. The van der Waals surface area contributed by atoms with Gasteiger partial charge in [-0.3, -0.25) is 8.97 Å². The number of imidazole rings is 2. The average molecular weight is 779 g/mol. The molecule has 0 fully saturated rings. The van der Waals surface area contributed by atoms with Crippen molar-refractivity contribution in [2.75, 3.05) is 0 Å². The number of para-hydroxylation sites is 8. The third kappa shape index (κ3) is 4.37. The summed E-state index contributed by atoms with van der Waals surface area (Å²) in [7, 11) is 0. The monoisotopic (exact) mass is 778 g/mol. The van der Waals surface area contributed by atoms with E-state index in [9.17, 15) is 0 Å². The fourth-order valence-electron chi connectivity index (χ4n) is 10.4. The quantitative estimate of drug-likeness (QED) is 0.175. The molecule has 14 aromatic rings. The summed E-state index contributed by atoms with van der Waals surface area (Å²) in [4.78, 5) is 5.37. The van der Waals surface area contributed by atoms with Gasteiger partial charge in [0.25, 0.3) is 0 Å². The van der Waals surface area contributed by atoms with E-state index in [1.807, 2.05) is 0 Å². The first kappa shape index (κ1) is 32.6. The molecule has 0 aliphatic heterocycles. The number of benzene rings is 9. The first-order chi connectivity index (χ1) is 30.3. The molecule has 0 bridgehead atoms. The first-order valence-corrected chi connectivity index (χ1v) is 20.8. The molecule has 0 atom stereocenters. The van der Waals surface area contributed by atoms with Crippen molar-refractivity contribution in [3.63, 3.8) is 0 Å². The van der Waals surface area contributed by atoms with Gasteiger partial charge < -0.3 is 13.7 Å². The summed E-state index contributed by atoms with van der Waals surface area (Å²) in [6, 6.07) is 74.8. The van der Waals surface area contributed by atoms with E-state index in [0.717, 1.165) is 61.6 Å². The van der Waals surface area contributed by atoms with Crippen LogP contribution in [0.4, 0.5) is 0 Å². The van der Waals surface area contributed by atoms with Crippen molar-refractivity contribution in [1.29, 1.82) is 0 Å². The van der Waals surface area contributed by atoms with Gasteiger partial charge in [-0.15, -0.1) is 0 Å². The Labute approximate surface area is 348 Å². The van der Waals surface area contributed by atoms with E-state index in [1.54, 1.807) is 0 Å². The zero-order chi connectivity index (χ0) is 39.8. The largest absolute Gasteiger partial charge is 0.309 e. The Hall–Kier alpha value is -8.35. The van der Waals surface area contributed by atoms with Crippen LogP contribution in [0.15, 0.2) is 206 Å². The standard InChI is InChI=1S/C55H34N6/c1-2-16-35(17-3-1)59-54-52(60-49-28-14-8-22-42(49)43-32-36(30-31-50(43)60)57-45-24-10-4-18-38(45)39-19-5-11-25-46(39)57)33-37(34-53(54)61-51-29-15-9-23-44(51)56-55(59)61)58-47-26-12-6-20-40(47)41-21-7-13-27-48(41)58/h1-34H. The van der Waals surface area contributed by atoms with Crippen molar-refractivity contribution in [2.45, 2.75) is 0 Å². The summed E-state index contributed by atoms with van der Waals surface area (Å²) in [5, 5.41) is 7.36. The molecule has 0 saturated carbocycles. The highest BCUT2D eigenvalue weighted by Crippen LogP contribution is 2.42. The molecule has 284 valence electrons. The molecule has 0 N–H and O–H groups in total. The predicted octanol–water partition coefficient (Wildman–Crippen LogP) is 13.7. The van der Waals surface area contributed by atoms with Gasteiger partial charge in [-0.2, -0.15) is 0 Å². The van der Waals surface area contributed by atoms with Gasteiger partial charge in [-0.25, -0.2) is 4.98 Å². The van der Waals surface area contributed by atoms with Gasteiger partial charge in [-0.05, 0) is 84.9 Å². The summed E-state index contributed by atoms with van der Waals surface area (Å²) in [5.74, 6) is 0.873. The summed E-state index contributed by atoms with van der Waals surface area (Å²) >= 11 is 0. The molecule has 0 saturated heterocycles. The number of fused-ring (bicyclic) bond motifs is 14. The second kappa shape index (κ2) is 12.1. The summed E-state index contributed by atoms with van der Waals surface area (Å²) in [6.07, 6.45) is 0. The Balaban J connectivity index is 1.16. The first-order valence-electron chi connectivity index (χ1n) is 20.8. The third-order valence-electron chi connectivity index (χ3n) is 12.9. The Morgan fingerprint density at radius 2 is 0.738 bits per heavy atom. The van der Waals surface area contributed by atoms with Gasteiger partial charge in [-0.1, -0.05) is 121 Å². The molecule has 14 rings (SSSR count). The topological polar surface area (TPSA) is 37.0 Å². The molecule has 61 heavy (non-hydrogen) atoms.